The number of hydrogen-bond acceptors (Lipinski definition) is 8. The molecule has 0 unspecified atom stereocenters. The number of nitriles is 2. The fraction of sp³-hybridized carbons (Fsp3) is 0.0556. The predicted octanol–water partition coefficient (Wildman–Crippen LogP) is 2.81. The highest BCUT2D eigenvalue weighted by Gasteiger charge is 2.18. The molecule has 0 amide bonds. The topological polar surface area (TPSA) is 143 Å². The van der Waals surface area contributed by atoms with E-state index < -0.39 is 5.82 Å². The van der Waals surface area contributed by atoms with Gasteiger partial charge in [-0.1, -0.05) is 17.3 Å². The predicted molar refractivity (Wildman–Crippen MR) is 95.8 cm³/mol. The molecular formula is C18H12FN7O2. The van der Waals surface area contributed by atoms with E-state index in [4.69, 9.17) is 15.2 Å². The zero-order valence-corrected chi connectivity index (χ0v) is 14.2. The minimum absolute atomic E-state index is 0.0711. The van der Waals surface area contributed by atoms with Gasteiger partial charge in [-0.15, -0.1) is 0 Å². The first-order valence-electron chi connectivity index (χ1n) is 7.89. The van der Waals surface area contributed by atoms with Gasteiger partial charge in [0.1, 0.15) is 11.9 Å². The molecular weight excluding hydrogens is 365 g/mol. The number of nitrogens with zero attached hydrogens (tertiary/aromatic N) is 5. The lowest BCUT2D eigenvalue weighted by Gasteiger charge is -2.08. The van der Waals surface area contributed by atoms with Gasteiger partial charge in [-0.25, -0.2) is 9.02 Å². The van der Waals surface area contributed by atoms with Crippen molar-refractivity contribution in [1.29, 1.82) is 10.5 Å². The molecule has 3 rings (SSSR count). The largest absolute Gasteiger partial charge is 0.409 e. The zero-order chi connectivity index (χ0) is 19.9. The number of nitrogens with one attached hydrogen (secondary N) is 2. The van der Waals surface area contributed by atoms with Crippen LogP contribution in [0.3, 0.4) is 0 Å². The molecule has 0 saturated carbocycles. The Kier molecular flexibility index (Phi) is 5.44. The second-order valence-corrected chi connectivity index (χ2v) is 5.51. The molecule has 0 atom stereocenters. The Morgan fingerprint density at radius 3 is 2.79 bits per heavy atom. The Labute approximate surface area is 158 Å². The summed E-state index contributed by atoms with van der Waals surface area (Å²) in [5, 5.41) is 43.4. The van der Waals surface area contributed by atoms with E-state index in [2.05, 4.69) is 32.2 Å². The number of halogens is 1. The quantitative estimate of drug-likeness (QED) is 0.266. The molecule has 0 aliphatic rings. The fourth-order valence-electron chi connectivity index (χ4n) is 2.35. The summed E-state index contributed by atoms with van der Waals surface area (Å²) in [7, 11) is 0. The van der Waals surface area contributed by atoms with Gasteiger partial charge in [0.15, 0.2) is 5.69 Å². The monoisotopic (exact) mass is 377 g/mol. The summed E-state index contributed by atoms with van der Waals surface area (Å²) in [6, 6.07) is 14.5. The number of benzene rings is 2. The van der Waals surface area contributed by atoms with E-state index in [-0.39, 0.29) is 22.9 Å². The maximum atomic E-state index is 13.4. The Bertz CT molecular complexity index is 1110. The van der Waals surface area contributed by atoms with Crippen molar-refractivity contribution < 1.29 is 14.2 Å². The number of aromatic nitrogens is 2. The molecule has 0 aliphatic heterocycles. The van der Waals surface area contributed by atoms with Crippen molar-refractivity contribution in [3.63, 3.8) is 0 Å². The summed E-state index contributed by atoms with van der Waals surface area (Å²) < 4.78 is 18.1. The SMILES string of the molecule is N#Cc1cccc(CNc2nonc2/C(=N/O)Nc2ccc(F)c(C#N)c2)c1. The van der Waals surface area contributed by atoms with Gasteiger partial charge < -0.3 is 15.8 Å². The Balaban J connectivity index is 1.77. The lowest BCUT2D eigenvalue weighted by molar-refractivity contribution is 0.305. The summed E-state index contributed by atoms with van der Waals surface area (Å²) in [6.07, 6.45) is 0. The number of oxime groups is 1. The normalized spacial score (nSPS) is 10.8. The van der Waals surface area contributed by atoms with Crippen LogP contribution in [0.2, 0.25) is 0 Å². The van der Waals surface area contributed by atoms with E-state index in [1.165, 1.54) is 12.1 Å². The first kappa shape index (κ1) is 18.4. The molecule has 138 valence electrons. The van der Waals surface area contributed by atoms with Crippen LogP contribution in [-0.4, -0.2) is 21.4 Å². The van der Waals surface area contributed by atoms with E-state index >= 15 is 0 Å². The highest BCUT2D eigenvalue weighted by Crippen LogP contribution is 2.18. The molecule has 0 aliphatic carbocycles. The second kappa shape index (κ2) is 8.29. The molecule has 3 N–H and O–H groups in total. The lowest BCUT2D eigenvalue weighted by Crippen LogP contribution is -2.17. The highest BCUT2D eigenvalue weighted by molar-refractivity contribution is 6.09. The van der Waals surface area contributed by atoms with Crippen molar-refractivity contribution in [1.82, 2.24) is 10.3 Å². The average molecular weight is 377 g/mol. The standard InChI is InChI=1S/C18H12FN7O2/c19-15-5-4-14(7-13(15)9-21)23-18(24-27)16-17(26-28-25-16)22-10-12-3-1-2-11(6-12)8-20/h1-7,27H,10H2,(H,22,26)(H,23,24). The molecule has 1 heterocycles. The van der Waals surface area contributed by atoms with Crippen LogP contribution in [0.4, 0.5) is 15.9 Å². The minimum Gasteiger partial charge on any atom is -0.409 e. The second-order valence-electron chi connectivity index (χ2n) is 5.51. The van der Waals surface area contributed by atoms with Gasteiger partial charge in [0.25, 0.3) is 0 Å². The summed E-state index contributed by atoms with van der Waals surface area (Å²) >= 11 is 0. The lowest BCUT2D eigenvalue weighted by atomic mass is 10.1. The van der Waals surface area contributed by atoms with Crippen LogP contribution in [0.5, 0.6) is 0 Å². The van der Waals surface area contributed by atoms with Crippen molar-refractivity contribution in [2.75, 3.05) is 10.6 Å². The van der Waals surface area contributed by atoms with Gasteiger partial charge in [-0.2, -0.15) is 10.5 Å². The Hall–Kier alpha value is -4.44. The zero-order valence-electron chi connectivity index (χ0n) is 14.2. The van der Waals surface area contributed by atoms with Gasteiger partial charge in [-0.05, 0) is 46.2 Å². The maximum absolute atomic E-state index is 13.4. The summed E-state index contributed by atoms with van der Waals surface area (Å²) in [5.41, 5.74) is 1.54. The van der Waals surface area contributed by atoms with Crippen LogP contribution in [0, 0.1) is 28.5 Å². The third kappa shape index (κ3) is 4.03. The van der Waals surface area contributed by atoms with Crippen molar-refractivity contribution in [3.8, 4) is 12.1 Å². The molecule has 0 fully saturated rings. The molecule has 9 nitrogen and oxygen atoms in total. The van der Waals surface area contributed by atoms with Crippen LogP contribution in [-0.2, 0) is 6.54 Å². The van der Waals surface area contributed by atoms with Gasteiger partial charge >= 0.3 is 0 Å². The van der Waals surface area contributed by atoms with Crippen LogP contribution in [0.1, 0.15) is 22.4 Å². The molecule has 0 spiro atoms. The number of rotatable bonds is 5. The van der Waals surface area contributed by atoms with E-state index in [0.717, 1.165) is 11.6 Å². The van der Waals surface area contributed by atoms with Crippen molar-refractivity contribution in [2.24, 2.45) is 5.16 Å². The number of hydrogen-bond donors (Lipinski definition) is 3. The third-order valence-electron chi connectivity index (χ3n) is 3.68. The third-order valence-corrected chi connectivity index (χ3v) is 3.68. The first-order valence-corrected chi connectivity index (χ1v) is 7.89. The van der Waals surface area contributed by atoms with Crippen molar-refractivity contribution in [2.45, 2.75) is 6.54 Å². The van der Waals surface area contributed by atoms with Crippen LogP contribution < -0.4 is 10.6 Å². The van der Waals surface area contributed by atoms with E-state index in [1.54, 1.807) is 24.3 Å². The average Bonchev–Trinajstić information content (AvgIpc) is 3.20. The molecule has 3 aromatic rings. The van der Waals surface area contributed by atoms with E-state index in [9.17, 15) is 9.60 Å². The van der Waals surface area contributed by atoms with Crippen LogP contribution in [0.25, 0.3) is 0 Å². The summed E-state index contributed by atoms with van der Waals surface area (Å²) in [6.45, 7) is 0.310. The highest BCUT2D eigenvalue weighted by atomic mass is 19.1. The smallest absolute Gasteiger partial charge is 0.203 e. The van der Waals surface area contributed by atoms with Gasteiger partial charge in [0, 0.05) is 12.2 Å². The van der Waals surface area contributed by atoms with Crippen molar-refractivity contribution in [3.05, 3.63) is 70.7 Å². The van der Waals surface area contributed by atoms with Gasteiger partial charge in [0.05, 0.1) is 17.2 Å². The molecule has 2 aromatic carbocycles. The molecule has 0 bridgehead atoms. The molecule has 28 heavy (non-hydrogen) atoms. The molecule has 0 radical (unpaired) electrons. The first-order chi connectivity index (χ1) is 13.6. The number of amidine groups is 1. The van der Waals surface area contributed by atoms with E-state index in [0.29, 0.717) is 17.8 Å². The summed E-state index contributed by atoms with van der Waals surface area (Å²) in [5.74, 6) is -0.601. The minimum atomic E-state index is -0.666. The Morgan fingerprint density at radius 1 is 1.18 bits per heavy atom. The van der Waals surface area contributed by atoms with E-state index in [1.807, 2.05) is 6.07 Å². The maximum Gasteiger partial charge on any atom is 0.203 e. The molecule has 0 saturated heterocycles. The van der Waals surface area contributed by atoms with Crippen LogP contribution in [0.15, 0.2) is 52.2 Å². The van der Waals surface area contributed by atoms with Gasteiger partial charge in [0.2, 0.25) is 11.7 Å². The molecule has 1 aromatic heterocycles. The van der Waals surface area contributed by atoms with Gasteiger partial charge in [-0.3, -0.25) is 0 Å². The molecule has 10 heteroatoms. The fourth-order valence-corrected chi connectivity index (χ4v) is 2.35. The Morgan fingerprint density at radius 2 is 2.04 bits per heavy atom. The number of anilines is 2. The van der Waals surface area contributed by atoms with Crippen molar-refractivity contribution >= 4 is 17.3 Å². The van der Waals surface area contributed by atoms with Crippen LogP contribution >= 0.6 is 0 Å². The summed E-state index contributed by atoms with van der Waals surface area (Å²) in [4.78, 5) is 0.